The molecule has 0 saturated heterocycles. The fraction of sp³-hybridized carbons (Fsp3) is 0.364. The van der Waals surface area contributed by atoms with Gasteiger partial charge in [0.05, 0.1) is 19.1 Å². The maximum absolute atomic E-state index is 11.7. The standard InChI is InChI=1S/C11H12O4/c1-13-7-3-4-8-9(12)6-11(14-2)15-10(8)5-7/h3-5,11H,6H2,1-2H3. The zero-order valence-electron chi connectivity index (χ0n) is 8.65. The van der Waals surface area contributed by atoms with Crippen molar-refractivity contribution in [2.45, 2.75) is 12.7 Å². The minimum atomic E-state index is -0.489. The summed E-state index contributed by atoms with van der Waals surface area (Å²) in [5, 5.41) is 0. The fourth-order valence-corrected chi connectivity index (χ4v) is 1.53. The second-order valence-electron chi connectivity index (χ2n) is 3.27. The average molecular weight is 208 g/mol. The van der Waals surface area contributed by atoms with Crippen LogP contribution in [0.25, 0.3) is 0 Å². The highest BCUT2D eigenvalue weighted by Crippen LogP contribution is 2.31. The van der Waals surface area contributed by atoms with Gasteiger partial charge in [0.15, 0.2) is 5.78 Å². The summed E-state index contributed by atoms with van der Waals surface area (Å²) in [6, 6.07) is 5.15. The SMILES string of the molecule is COc1ccc2c(c1)OC(OC)CC2=O. The molecule has 1 unspecified atom stereocenters. The Bertz CT molecular complexity index is 386. The Morgan fingerprint density at radius 2 is 2.20 bits per heavy atom. The van der Waals surface area contributed by atoms with E-state index in [1.165, 1.54) is 7.11 Å². The molecule has 0 aliphatic carbocycles. The van der Waals surface area contributed by atoms with Crippen LogP contribution in [0.3, 0.4) is 0 Å². The first-order chi connectivity index (χ1) is 7.24. The number of ether oxygens (including phenoxy) is 3. The van der Waals surface area contributed by atoms with E-state index in [0.717, 1.165) is 0 Å². The summed E-state index contributed by atoms with van der Waals surface area (Å²) in [5.41, 5.74) is 0.587. The molecule has 15 heavy (non-hydrogen) atoms. The topological polar surface area (TPSA) is 44.8 Å². The molecule has 0 amide bonds. The van der Waals surface area contributed by atoms with Crippen molar-refractivity contribution < 1.29 is 19.0 Å². The maximum Gasteiger partial charge on any atom is 0.206 e. The highest BCUT2D eigenvalue weighted by atomic mass is 16.7. The first-order valence-electron chi connectivity index (χ1n) is 4.65. The highest BCUT2D eigenvalue weighted by molar-refractivity contribution is 5.99. The molecule has 1 atom stereocenters. The minimum Gasteiger partial charge on any atom is -0.497 e. The molecule has 1 aliphatic rings. The molecule has 2 rings (SSSR count). The van der Waals surface area contributed by atoms with Gasteiger partial charge in [-0.3, -0.25) is 4.79 Å². The summed E-state index contributed by atoms with van der Waals surface area (Å²) in [6.07, 6.45) is -0.229. The van der Waals surface area contributed by atoms with Crippen molar-refractivity contribution in [2.75, 3.05) is 14.2 Å². The number of methoxy groups -OCH3 is 2. The fourth-order valence-electron chi connectivity index (χ4n) is 1.53. The van der Waals surface area contributed by atoms with Gasteiger partial charge in [0.25, 0.3) is 0 Å². The lowest BCUT2D eigenvalue weighted by atomic mass is 10.0. The normalized spacial score (nSPS) is 19.3. The predicted octanol–water partition coefficient (Wildman–Crippen LogP) is 1.63. The number of carbonyl (C=O) groups excluding carboxylic acids is 1. The number of Topliss-reactive ketones (excluding diaryl/α,β-unsaturated/α-hetero) is 1. The van der Waals surface area contributed by atoms with Crippen molar-refractivity contribution in [1.29, 1.82) is 0 Å². The van der Waals surface area contributed by atoms with E-state index < -0.39 is 6.29 Å². The summed E-state index contributed by atoms with van der Waals surface area (Å²) < 4.78 is 15.5. The highest BCUT2D eigenvalue weighted by Gasteiger charge is 2.26. The van der Waals surface area contributed by atoms with Crippen molar-refractivity contribution in [2.24, 2.45) is 0 Å². The lowest BCUT2D eigenvalue weighted by Crippen LogP contribution is -2.28. The molecule has 1 aromatic rings. The summed E-state index contributed by atoms with van der Waals surface area (Å²) >= 11 is 0. The minimum absolute atomic E-state index is 0.0331. The quantitative estimate of drug-likeness (QED) is 0.741. The Kier molecular flexibility index (Phi) is 2.60. The zero-order chi connectivity index (χ0) is 10.8. The van der Waals surface area contributed by atoms with Gasteiger partial charge < -0.3 is 14.2 Å². The molecule has 1 aliphatic heterocycles. The van der Waals surface area contributed by atoms with E-state index in [2.05, 4.69) is 0 Å². The molecule has 1 heterocycles. The summed E-state index contributed by atoms with van der Waals surface area (Å²) in [7, 11) is 3.09. The van der Waals surface area contributed by atoms with Gasteiger partial charge in [0.1, 0.15) is 11.5 Å². The number of ketones is 1. The van der Waals surface area contributed by atoms with Gasteiger partial charge in [-0.15, -0.1) is 0 Å². The maximum atomic E-state index is 11.7. The number of hydrogen-bond acceptors (Lipinski definition) is 4. The molecule has 0 fully saturated rings. The third-order valence-electron chi connectivity index (χ3n) is 2.36. The monoisotopic (exact) mass is 208 g/mol. The first-order valence-corrected chi connectivity index (χ1v) is 4.65. The zero-order valence-corrected chi connectivity index (χ0v) is 8.65. The lowest BCUT2D eigenvalue weighted by Gasteiger charge is -2.23. The molecule has 4 nitrogen and oxygen atoms in total. The second kappa shape index (κ2) is 3.90. The molecule has 0 spiro atoms. The number of rotatable bonds is 2. The van der Waals surface area contributed by atoms with Crippen molar-refractivity contribution >= 4 is 5.78 Å². The van der Waals surface area contributed by atoms with E-state index in [4.69, 9.17) is 14.2 Å². The van der Waals surface area contributed by atoms with E-state index in [1.54, 1.807) is 25.3 Å². The third-order valence-corrected chi connectivity index (χ3v) is 2.36. The van der Waals surface area contributed by atoms with Crippen LogP contribution in [-0.4, -0.2) is 26.3 Å². The molecular weight excluding hydrogens is 196 g/mol. The van der Waals surface area contributed by atoms with Crippen LogP contribution in [0.15, 0.2) is 18.2 Å². The summed E-state index contributed by atoms with van der Waals surface area (Å²) in [5.74, 6) is 1.22. The molecule has 80 valence electrons. The average Bonchev–Trinajstić information content (AvgIpc) is 2.28. The van der Waals surface area contributed by atoms with Gasteiger partial charge in [-0.25, -0.2) is 0 Å². The Labute approximate surface area is 87.8 Å². The van der Waals surface area contributed by atoms with Crippen LogP contribution in [-0.2, 0) is 4.74 Å². The lowest BCUT2D eigenvalue weighted by molar-refractivity contribution is -0.0575. The van der Waals surface area contributed by atoms with Crippen molar-refractivity contribution in [3.63, 3.8) is 0 Å². The Balaban J connectivity index is 2.37. The Hall–Kier alpha value is -1.55. The number of carbonyl (C=O) groups is 1. The summed E-state index contributed by atoms with van der Waals surface area (Å²) in [4.78, 5) is 11.7. The van der Waals surface area contributed by atoms with Crippen LogP contribution in [0.1, 0.15) is 16.8 Å². The van der Waals surface area contributed by atoms with E-state index >= 15 is 0 Å². The molecule has 1 aromatic carbocycles. The van der Waals surface area contributed by atoms with Gasteiger partial charge in [0, 0.05) is 13.2 Å². The van der Waals surface area contributed by atoms with Gasteiger partial charge >= 0.3 is 0 Å². The van der Waals surface area contributed by atoms with Crippen molar-refractivity contribution in [1.82, 2.24) is 0 Å². The van der Waals surface area contributed by atoms with Gasteiger partial charge in [0.2, 0.25) is 6.29 Å². The van der Waals surface area contributed by atoms with Crippen LogP contribution in [0, 0.1) is 0 Å². The van der Waals surface area contributed by atoms with Crippen molar-refractivity contribution in [3.8, 4) is 11.5 Å². The predicted molar refractivity (Wildman–Crippen MR) is 53.4 cm³/mol. The van der Waals surface area contributed by atoms with Gasteiger partial charge in [-0.1, -0.05) is 0 Å². The van der Waals surface area contributed by atoms with Gasteiger partial charge in [-0.05, 0) is 12.1 Å². The molecule has 0 N–H and O–H groups in total. The van der Waals surface area contributed by atoms with E-state index in [1.807, 2.05) is 0 Å². The van der Waals surface area contributed by atoms with Crippen LogP contribution < -0.4 is 9.47 Å². The summed E-state index contributed by atoms with van der Waals surface area (Å²) in [6.45, 7) is 0. The molecular formula is C11H12O4. The third kappa shape index (κ3) is 1.80. The van der Waals surface area contributed by atoms with Crippen molar-refractivity contribution in [3.05, 3.63) is 23.8 Å². The van der Waals surface area contributed by atoms with E-state index in [0.29, 0.717) is 17.1 Å². The van der Waals surface area contributed by atoms with Crippen LogP contribution in [0.5, 0.6) is 11.5 Å². The molecule has 0 saturated carbocycles. The number of fused-ring (bicyclic) bond motifs is 1. The number of hydrogen-bond donors (Lipinski definition) is 0. The Morgan fingerprint density at radius 1 is 1.40 bits per heavy atom. The van der Waals surface area contributed by atoms with Gasteiger partial charge in [-0.2, -0.15) is 0 Å². The van der Waals surface area contributed by atoms with Crippen LogP contribution in [0.4, 0.5) is 0 Å². The molecule has 0 bridgehead atoms. The van der Waals surface area contributed by atoms with E-state index in [9.17, 15) is 4.79 Å². The Morgan fingerprint density at radius 3 is 2.87 bits per heavy atom. The second-order valence-corrected chi connectivity index (χ2v) is 3.27. The number of benzene rings is 1. The largest absolute Gasteiger partial charge is 0.497 e. The first kappa shape index (κ1) is 9.98. The van der Waals surface area contributed by atoms with Crippen LogP contribution in [0.2, 0.25) is 0 Å². The molecule has 0 radical (unpaired) electrons. The van der Waals surface area contributed by atoms with Crippen LogP contribution >= 0.6 is 0 Å². The molecule has 0 aromatic heterocycles. The molecule has 4 heteroatoms. The van der Waals surface area contributed by atoms with E-state index in [-0.39, 0.29) is 12.2 Å². The smallest absolute Gasteiger partial charge is 0.206 e.